The molecule has 2 aromatic carbocycles. The van der Waals surface area contributed by atoms with Gasteiger partial charge in [0, 0.05) is 14.7 Å². The Labute approximate surface area is 129 Å². The standard InChI is InChI=1S/C15H11IN2O2/c1-19-13-7-3-5-11(9-13)15-18-17-14(20-15)10-4-2-6-12(16)8-10/h2-9H,1H3. The lowest BCUT2D eigenvalue weighted by atomic mass is 10.2. The van der Waals surface area contributed by atoms with Crippen LogP contribution in [0.15, 0.2) is 52.9 Å². The van der Waals surface area contributed by atoms with Gasteiger partial charge in [0.1, 0.15) is 5.75 Å². The summed E-state index contributed by atoms with van der Waals surface area (Å²) in [6, 6.07) is 15.5. The van der Waals surface area contributed by atoms with E-state index in [0.717, 1.165) is 20.4 Å². The summed E-state index contributed by atoms with van der Waals surface area (Å²) in [5, 5.41) is 8.19. The van der Waals surface area contributed by atoms with Crippen molar-refractivity contribution >= 4 is 22.6 Å². The molecule has 3 rings (SSSR count). The van der Waals surface area contributed by atoms with Crippen molar-refractivity contribution in [1.82, 2.24) is 10.2 Å². The van der Waals surface area contributed by atoms with Crippen molar-refractivity contribution < 1.29 is 9.15 Å². The average molecular weight is 378 g/mol. The van der Waals surface area contributed by atoms with E-state index in [1.54, 1.807) is 7.11 Å². The molecule has 0 saturated carbocycles. The molecule has 0 aliphatic heterocycles. The first kappa shape index (κ1) is 13.1. The van der Waals surface area contributed by atoms with Gasteiger partial charge in [-0.25, -0.2) is 0 Å². The molecular weight excluding hydrogens is 367 g/mol. The maximum Gasteiger partial charge on any atom is 0.248 e. The van der Waals surface area contributed by atoms with Crippen molar-refractivity contribution in [2.75, 3.05) is 7.11 Å². The SMILES string of the molecule is COc1cccc(-c2nnc(-c3cccc(I)c3)o2)c1. The van der Waals surface area contributed by atoms with E-state index < -0.39 is 0 Å². The molecule has 20 heavy (non-hydrogen) atoms. The molecule has 0 saturated heterocycles. The Hall–Kier alpha value is -1.89. The Morgan fingerprint density at radius 1 is 0.950 bits per heavy atom. The van der Waals surface area contributed by atoms with Crippen LogP contribution in [0.25, 0.3) is 22.9 Å². The van der Waals surface area contributed by atoms with E-state index in [0.29, 0.717) is 11.8 Å². The van der Waals surface area contributed by atoms with Crippen molar-refractivity contribution in [3.8, 4) is 28.7 Å². The molecule has 0 fully saturated rings. The molecule has 100 valence electrons. The molecule has 0 amide bonds. The zero-order valence-electron chi connectivity index (χ0n) is 10.7. The molecule has 0 N–H and O–H groups in total. The summed E-state index contributed by atoms with van der Waals surface area (Å²) < 4.78 is 12.0. The Kier molecular flexibility index (Phi) is 3.68. The fraction of sp³-hybridized carbons (Fsp3) is 0.0667. The lowest BCUT2D eigenvalue weighted by Crippen LogP contribution is -1.83. The zero-order chi connectivity index (χ0) is 13.9. The lowest BCUT2D eigenvalue weighted by Gasteiger charge is -2.00. The monoisotopic (exact) mass is 378 g/mol. The third-order valence-corrected chi connectivity index (χ3v) is 3.48. The number of halogens is 1. The van der Waals surface area contributed by atoms with Crippen LogP contribution in [-0.2, 0) is 0 Å². The highest BCUT2D eigenvalue weighted by molar-refractivity contribution is 14.1. The molecule has 4 nitrogen and oxygen atoms in total. The van der Waals surface area contributed by atoms with Gasteiger partial charge in [-0.2, -0.15) is 0 Å². The molecule has 3 aromatic rings. The van der Waals surface area contributed by atoms with E-state index in [-0.39, 0.29) is 0 Å². The van der Waals surface area contributed by atoms with E-state index >= 15 is 0 Å². The minimum absolute atomic E-state index is 0.484. The van der Waals surface area contributed by atoms with E-state index in [9.17, 15) is 0 Å². The number of rotatable bonds is 3. The Bertz CT molecular complexity index is 740. The van der Waals surface area contributed by atoms with Crippen LogP contribution < -0.4 is 4.74 Å². The fourth-order valence-corrected chi connectivity index (χ4v) is 2.38. The van der Waals surface area contributed by atoms with Crippen molar-refractivity contribution in [3.63, 3.8) is 0 Å². The summed E-state index contributed by atoms with van der Waals surface area (Å²) in [6.45, 7) is 0. The van der Waals surface area contributed by atoms with E-state index in [4.69, 9.17) is 9.15 Å². The first-order chi connectivity index (χ1) is 9.76. The molecule has 0 radical (unpaired) electrons. The second-order valence-corrected chi connectivity index (χ2v) is 5.40. The quantitative estimate of drug-likeness (QED) is 0.646. The Morgan fingerprint density at radius 2 is 1.60 bits per heavy atom. The van der Waals surface area contributed by atoms with Gasteiger partial charge in [-0.3, -0.25) is 0 Å². The van der Waals surface area contributed by atoms with Crippen molar-refractivity contribution in [2.24, 2.45) is 0 Å². The van der Waals surface area contributed by atoms with Gasteiger partial charge in [-0.1, -0.05) is 12.1 Å². The predicted molar refractivity (Wildman–Crippen MR) is 84.4 cm³/mol. The van der Waals surface area contributed by atoms with Crippen LogP contribution >= 0.6 is 22.6 Å². The van der Waals surface area contributed by atoms with Gasteiger partial charge in [0.05, 0.1) is 7.11 Å². The fourth-order valence-electron chi connectivity index (χ4n) is 1.83. The first-order valence-corrected chi connectivity index (χ1v) is 7.08. The number of hydrogen-bond donors (Lipinski definition) is 0. The first-order valence-electron chi connectivity index (χ1n) is 6.00. The van der Waals surface area contributed by atoms with E-state index in [1.165, 1.54) is 0 Å². The number of ether oxygens (including phenoxy) is 1. The second kappa shape index (κ2) is 5.62. The highest BCUT2D eigenvalue weighted by atomic mass is 127. The summed E-state index contributed by atoms with van der Waals surface area (Å²) in [7, 11) is 1.63. The van der Waals surface area contributed by atoms with Gasteiger partial charge in [0.25, 0.3) is 0 Å². The normalized spacial score (nSPS) is 10.5. The van der Waals surface area contributed by atoms with Gasteiger partial charge in [-0.05, 0) is 59.0 Å². The van der Waals surface area contributed by atoms with Crippen LogP contribution in [-0.4, -0.2) is 17.3 Å². The number of aromatic nitrogens is 2. The number of hydrogen-bond acceptors (Lipinski definition) is 4. The van der Waals surface area contributed by atoms with Crippen LogP contribution in [0.4, 0.5) is 0 Å². The Morgan fingerprint density at radius 3 is 2.25 bits per heavy atom. The maximum absolute atomic E-state index is 5.73. The third-order valence-electron chi connectivity index (χ3n) is 2.81. The van der Waals surface area contributed by atoms with Gasteiger partial charge in [0.2, 0.25) is 11.8 Å². The number of methoxy groups -OCH3 is 1. The van der Waals surface area contributed by atoms with Gasteiger partial charge in [-0.15, -0.1) is 10.2 Å². The van der Waals surface area contributed by atoms with Crippen LogP contribution in [0.5, 0.6) is 5.75 Å². The molecule has 0 aliphatic rings. The van der Waals surface area contributed by atoms with E-state index in [1.807, 2.05) is 48.5 Å². The lowest BCUT2D eigenvalue weighted by molar-refractivity contribution is 0.415. The molecule has 0 atom stereocenters. The van der Waals surface area contributed by atoms with Crippen molar-refractivity contribution in [2.45, 2.75) is 0 Å². The predicted octanol–water partition coefficient (Wildman–Crippen LogP) is 4.02. The number of benzene rings is 2. The minimum Gasteiger partial charge on any atom is -0.497 e. The molecule has 0 aliphatic carbocycles. The summed E-state index contributed by atoms with van der Waals surface area (Å²) >= 11 is 2.25. The number of nitrogens with zero attached hydrogens (tertiary/aromatic N) is 2. The smallest absolute Gasteiger partial charge is 0.248 e. The minimum atomic E-state index is 0.484. The largest absolute Gasteiger partial charge is 0.497 e. The molecule has 1 heterocycles. The van der Waals surface area contributed by atoms with Crippen molar-refractivity contribution in [3.05, 3.63) is 52.1 Å². The Balaban J connectivity index is 1.97. The van der Waals surface area contributed by atoms with E-state index in [2.05, 4.69) is 32.8 Å². The molecule has 0 unspecified atom stereocenters. The summed E-state index contributed by atoms with van der Waals surface area (Å²) in [4.78, 5) is 0. The molecule has 1 aromatic heterocycles. The maximum atomic E-state index is 5.73. The van der Waals surface area contributed by atoms with Crippen LogP contribution in [0.2, 0.25) is 0 Å². The summed E-state index contributed by atoms with van der Waals surface area (Å²) in [5.41, 5.74) is 1.76. The topological polar surface area (TPSA) is 48.2 Å². The van der Waals surface area contributed by atoms with Gasteiger partial charge < -0.3 is 9.15 Å². The van der Waals surface area contributed by atoms with Gasteiger partial charge in [0.15, 0.2) is 0 Å². The summed E-state index contributed by atoms with van der Waals surface area (Å²) in [5.74, 6) is 1.76. The molecular formula is C15H11IN2O2. The second-order valence-electron chi connectivity index (χ2n) is 4.15. The average Bonchev–Trinajstić information content (AvgIpc) is 2.97. The molecule has 0 bridgehead atoms. The third kappa shape index (κ3) is 2.67. The van der Waals surface area contributed by atoms with Crippen molar-refractivity contribution in [1.29, 1.82) is 0 Å². The molecule has 5 heteroatoms. The summed E-state index contributed by atoms with van der Waals surface area (Å²) in [6.07, 6.45) is 0. The van der Waals surface area contributed by atoms with Gasteiger partial charge >= 0.3 is 0 Å². The highest BCUT2D eigenvalue weighted by Gasteiger charge is 2.11. The van der Waals surface area contributed by atoms with Crippen LogP contribution in [0, 0.1) is 3.57 Å². The highest BCUT2D eigenvalue weighted by Crippen LogP contribution is 2.26. The molecule has 0 spiro atoms. The van der Waals surface area contributed by atoms with Crippen LogP contribution in [0.1, 0.15) is 0 Å². The van der Waals surface area contributed by atoms with Crippen LogP contribution in [0.3, 0.4) is 0 Å². The zero-order valence-corrected chi connectivity index (χ0v) is 12.9.